The van der Waals surface area contributed by atoms with Gasteiger partial charge in [0.2, 0.25) is 5.91 Å². The van der Waals surface area contributed by atoms with Gasteiger partial charge in [0.15, 0.2) is 0 Å². The monoisotopic (exact) mass is 198 g/mol. The summed E-state index contributed by atoms with van der Waals surface area (Å²) in [5.41, 5.74) is 0. The number of nitrogens with one attached hydrogen (secondary N) is 1. The van der Waals surface area contributed by atoms with Crippen LogP contribution in [0.3, 0.4) is 0 Å². The van der Waals surface area contributed by atoms with E-state index >= 15 is 0 Å². The van der Waals surface area contributed by atoms with Crippen LogP contribution < -0.4 is 5.32 Å². The molecule has 1 rings (SSSR count). The number of hydrogen-bond acceptors (Lipinski definition) is 3. The highest BCUT2D eigenvalue weighted by Gasteiger charge is 2.30. The molecule has 1 aliphatic rings. The molecule has 0 aromatic rings. The summed E-state index contributed by atoms with van der Waals surface area (Å²) < 4.78 is 0. The Balaban J connectivity index is 2.60. The topological polar surface area (TPSA) is 52.6 Å². The van der Waals surface area contributed by atoms with Crippen molar-refractivity contribution in [1.29, 1.82) is 0 Å². The van der Waals surface area contributed by atoms with Gasteiger partial charge in [0, 0.05) is 25.7 Å². The number of nitrogens with zero attached hydrogens (tertiary/aromatic N) is 1. The fourth-order valence-electron chi connectivity index (χ4n) is 1.76. The van der Waals surface area contributed by atoms with Gasteiger partial charge in [0.1, 0.15) is 0 Å². The van der Waals surface area contributed by atoms with Gasteiger partial charge in [-0.3, -0.25) is 4.79 Å². The predicted octanol–water partition coefficient (Wildman–Crippen LogP) is -0.256. The van der Waals surface area contributed by atoms with Crippen LogP contribution in [0.5, 0.6) is 0 Å². The summed E-state index contributed by atoms with van der Waals surface area (Å²) in [6.45, 7) is 7.00. The molecular weight excluding hydrogens is 180 g/mol. The number of aliphatic hydroxyl groups is 1. The number of hydrogen-bond donors (Lipinski definition) is 2. The van der Waals surface area contributed by atoms with Crippen molar-refractivity contribution in [2.75, 3.05) is 19.7 Å². The number of carbonyl (C=O) groups excluding carboxylic acids is 1. The van der Waals surface area contributed by atoms with Crippen molar-refractivity contribution in [2.24, 2.45) is 0 Å². The van der Waals surface area contributed by atoms with Crippen LogP contribution in [0.1, 0.15) is 13.3 Å². The summed E-state index contributed by atoms with van der Waals surface area (Å²) in [5.74, 6) is 0.0667. The standard InChI is InChI=1S/C10H18N2O2/c1-3-5-12-7-8(2)11-9(4-6-13)10(12)14/h3,8-9,11,13H,1,4-7H2,2H3. The van der Waals surface area contributed by atoms with Crippen LogP contribution in [-0.2, 0) is 4.79 Å². The highest BCUT2D eigenvalue weighted by atomic mass is 16.3. The molecule has 1 fully saturated rings. The van der Waals surface area contributed by atoms with E-state index in [0.717, 1.165) is 0 Å². The second kappa shape index (κ2) is 5.12. The molecule has 1 heterocycles. The van der Waals surface area contributed by atoms with Crippen molar-refractivity contribution in [3.8, 4) is 0 Å². The average Bonchev–Trinajstić information content (AvgIpc) is 2.14. The Bertz CT molecular complexity index is 218. The largest absolute Gasteiger partial charge is 0.396 e. The molecule has 1 aliphatic heterocycles. The molecular formula is C10H18N2O2. The second-order valence-corrected chi connectivity index (χ2v) is 3.66. The maximum atomic E-state index is 11.8. The molecule has 14 heavy (non-hydrogen) atoms. The molecule has 0 aliphatic carbocycles. The third-order valence-electron chi connectivity index (χ3n) is 2.36. The maximum Gasteiger partial charge on any atom is 0.240 e. The zero-order chi connectivity index (χ0) is 10.6. The van der Waals surface area contributed by atoms with E-state index in [0.29, 0.717) is 19.5 Å². The third kappa shape index (κ3) is 2.56. The molecule has 0 aromatic carbocycles. The summed E-state index contributed by atoms with van der Waals surface area (Å²) >= 11 is 0. The molecule has 0 saturated carbocycles. The molecule has 4 nitrogen and oxygen atoms in total. The first-order chi connectivity index (χ1) is 6.69. The van der Waals surface area contributed by atoms with Crippen molar-refractivity contribution in [3.63, 3.8) is 0 Å². The van der Waals surface area contributed by atoms with Gasteiger partial charge < -0.3 is 15.3 Å². The van der Waals surface area contributed by atoms with Gasteiger partial charge in [-0.15, -0.1) is 6.58 Å². The van der Waals surface area contributed by atoms with Crippen LogP contribution >= 0.6 is 0 Å². The first kappa shape index (κ1) is 11.2. The number of amides is 1. The summed E-state index contributed by atoms with van der Waals surface area (Å²) in [5, 5.41) is 12.0. The maximum absolute atomic E-state index is 11.8. The predicted molar refractivity (Wildman–Crippen MR) is 54.9 cm³/mol. The highest BCUT2D eigenvalue weighted by molar-refractivity contribution is 5.82. The minimum atomic E-state index is -0.233. The van der Waals surface area contributed by atoms with Gasteiger partial charge in [-0.2, -0.15) is 0 Å². The molecule has 0 aromatic heterocycles. The molecule has 0 spiro atoms. The van der Waals surface area contributed by atoms with Gasteiger partial charge >= 0.3 is 0 Å². The normalized spacial score (nSPS) is 27.9. The molecule has 0 bridgehead atoms. The van der Waals surface area contributed by atoms with Crippen LogP contribution in [0.4, 0.5) is 0 Å². The molecule has 1 saturated heterocycles. The lowest BCUT2D eigenvalue weighted by Gasteiger charge is -2.36. The SMILES string of the molecule is C=CCN1CC(C)NC(CCO)C1=O. The van der Waals surface area contributed by atoms with Crippen molar-refractivity contribution < 1.29 is 9.90 Å². The van der Waals surface area contributed by atoms with E-state index < -0.39 is 0 Å². The van der Waals surface area contributed by atoms with Crippen LogP contribution in [0.2, 0.25) is 0 Å². The lowest BCUT2D eigenvalue weighted by atomic mass is 10.1. The van der Waals surface area contributed by atoms with Crippen LogP contribution in [0, 0.1) is 0 Å². The highest BCUT2D eigenvalue weighted by Crippen LogP contribution is 2.08. The smallest absolute Gasteiger partial charge is 0.240 e. The summed E-state index contributed by atoms with van der Waals surface area (Å²) in [7, 11) is 0. The van der Waals surface area contributed by atoms with Crippen LogP contribution in [0.25, 0.3) is 0 Å². The molecule has 80 valence electrons. The Labute approximate surface area is 84.6 Å². The first-order valence-electron chi connectivity index (χ1n) is 4.95. The lowest BCUT2D eigenvalue weighted by Crippen LogP contribution is -2.59. The summed E-state index contributed by atoms with van der Waals surface area (Å²) in [4.78, 5) is 13.5. The Morgan fingerprint density at radius 1 is 1.79 bits per heavy atom. The fourth-order valence-corrected chi connectivity index (χ4v) is 1.76. The molecule has 1 amide bonds. The van der Waals surface area contributed by atoms with Gasteiger partial charge in [-0.25, -0.2) is 0 Å². The lowest BCUT2D eigenvalue weighted by molar-refractivity contribution is -0.136. The van der Waals surface area contributed by atoms with Crippen molar-refractivity contribution >= 4 is 5.91 Å². The molecule has 0 radical (unpaired) electrons. The number of aliphatic hydroxyl groups excluding tert-OH is 1. The van der Waals surface area contributed by atoms with Gasteiger partial charge in [0.25, 0.3) is 0 Å². The zero-order valence-corrected chi connectivity index (χ0v) is 8.57. The Morgan fingerprint density at radius 3 is 3.07 bits per heavy atom. The second-order valence-electron chi connectivity index (χ2n) is 3.66. The first-order valence-corrected chi connectivity index (χ1v) is 4.95. The minimum absolute atomic E-state index is 0.0397. The van der Waals surface area contributed by atoms with Gasteiger partial charge in [-0.1, -0.05) is 6.08 Å². The van der Waals surface area contributed by atoms with Crippen LogP contribution in [0.15, 0.2) is 12.7 Å². The average molecular weight is 198 g/mol. The quantitative estimate of drug-likeness (QED) is 0.612. The van der Waals surface area contributed by atoms with Gasteiger partial charge in [0.05, 0.1) is 6.04 Å². The van der Waals surface area contributed by atoms with E-state index in [4.69, 9.17) is 5.11 Å². The molecule has 2 unspecified atom stereocenters. The van der Waals surface area contributed by atoms with E-state index in [1.807, 2.05) is 6.92 Å². The third-order valence-corrected chi connectivity index (χ3v) is 2.36. The minimum Gasteiger partial charge on any atom is -0.396 e. The Morgan fingerprint density at radius 2 is 2.50 bits per heavy atom. The molecule has 2 atom stereocenters. The molecule has 4 heteroatoms. The molecule has 2 N–H and O–H groups in total. The summed E-state index contributed by atoms with van der Waals surface area (Å²) in [6, 6.07) is 0.0490. The van der Waals surface area contributed by atoms with E-state index in [1.165, 1.54) is 0 Å². The van der Waals surface area contributed by atoms with Gasteiger partial charge in [-0.05, 0) is 13.3 Å². The number of piperazine rings is 1. The van der Waals surface area contributed by atoms with Crippen LogP contribution in [-0.4, -0.2) is 47.7 Å². The Hall–Kier alpha value is -0.870. The van der Waals surface area contributed by atoms with E-state index in [2.05, 4.69) is 11.9 Å². The zero-order valence-electron chi connectivity index (χ0n) is 8.57. The van der Waals surface area contributed by atoms with Crippen molar-refractivity contribution in [1.82, 2.24) is 10.2 Å². The van der Waals surface area contributed by atoms with E-state index in [1.54, 1.807) is 11.0 Å². The number of carbonyl (C=O) groups is 1. The summed E-state index contributed by atoms with van der Waals surface area (Å²) in [6.07, 6.45) is 2.21. The number of rotatable bonds is 4. The van der Waals surface area contributed by atoms with Crippen molar-refractivity contribution in [3.05, 3.63) is 12.7 Å². The van der Waals surface area contributed by atoms with Crippen molar-refractivity contribution in [2.45, 2.75) is 25.4 Å². The van der Waals surface area contributed by atoms with E-state index in [-0.39, 0.29) is 24.6 Å². The fraction of sp³-hybridized carbons (Fsp3) is 0.700. The van der Waals surface area contributed by atoms with E-state index in [9.17, 15) is 4.79 Å². The Kier molecular flexibility index (Phi) is 4.10.